The molecule has 0 saturated carbocycles. The van der Waals surface area contributed by atoms with E-state index in [1.54, 1.807) is 0 Å². The first-order valence-corrected chi connectivity index (χ1v) is 6.42. The third-order valence-electron chi connectivity index (χ3n) is 2.83. The van der Waals surface area contributed by atoms with Gasteiger partial charge in [-0.25, -0.2) is 4.98 Å². The number of aryl methyl sites for hydroxylation is 2. The van der Waals surface area contributed by atoms with Crippen LogP contribution in [0.2, 0.25) is 0 Å². The first-order valence-electron chi connectivity index (χ1n) is 6.42. The number of hydrogen-bond acceptors (Lipinski definition) is 4. The second kappa shape index (κ2) is 7.67. The number of hydrogen-bond donors (Lipinski definition) is 2. The summed E-state index contributed by atoms with van der Waals surface area (Å²) >= 11 is 0. The molecule has 1 rings (SSSR count). The molecule has 0 aliphatic rings. The minimum absolute atomic E-state index is 0.268. The topological polar surface area (TPSA) is 68.9 Å². The molecule has 0 spiro atoms. The molecule has 0 radical (unpaired) electrons. The Balaban J connectivity index is 2.49. The molecule has 0 fully saturated rings. The lowest BCUT2D eigenvalue weighted by molar-refractivity contribution is 0.283. The van der Waals surface area contributed by atoms with E-state index in [0.717, 1.165) is 43.5 Å². The van der Waals surface area contributed by atoms with Gasteiger partial charge in [-0.1, -0.05) is 12.8 Å². The summed E-state index contributed by atoms with van der Waals surface area (Å²) in [5.74, 6) is 0.692. The molecule has 0 atom stereocenters. The van der Waals surface area contributed by atoms with Gasteiger partial charge in [0.1, 0.15) is 11.9 Å². The molecule has 0 bridgehead atoms. The van der Waals surface area contributed by atoms with E-state index in [9.17, 15) is 0 Å². The van der Waals surface area contributed by atoms with Crippen molar-refractivity contribution >= 4 is 5.82 Å². The lowest BCUT2D eigenvalue weighted by Crippen LogP contribution is -2.07. The van der Waals surface area contributed by atoms with Gasteiger partial charge in [0.15, 0.2) is 0 Å². The number of pyridine rings is 1. The summed E-state index contributed by atoms with van der Waals surface area (Å²) in [5.41, 5.74) is 2.53. The molecule has 0 unspecified atom stereocenters. The van der Waals surface area contributed by atoms with Crippen molar-refractivity contribution in [3.63, 3.8) is 0 Å². The Morgan fingerprint density at radius 2 is 2.00 bits per heavy atom. The van der Waals surface area contributed by atoms with Crippen LogP contribution in [0.25, 0.3) is 0 Å². The van der Waals surface area contributed by atoms with E-state index in [-0.39, 0.29) is 6.61 Å². The molecule has 4 nitrogen and oxygen atoms in total. The number of nitrogens with one attached hydrogen (secondary N) is 1. The van der Waals surface area contributed by atoms with Gasteiger partial charge in [0.25, 0.3) is 0 Å². The molecule has 1 aromatic heterocycles. The maximum Gasteiger partial charge on any atom is 0.144 e. The number of nitriles is 1. The molecule has 98 valence electrons. The van der Waals surface area contributed by atoms with Crippen LogP contribution in [0.3, 0.4) is 0 Å². The third kappa shape index (κ3) is 4.34. The number of nitrogens with zero attached hydrogens (tertiary/aromatic N) is 2. The predicted octanol–water partition coefficient (Wildman–Crippen LogP) is 2.53. The quantitative estimate of drug-likeness (QED) is 0.726. The number of rotatable bonds is 7. The Morgan fingerprint density at radius 1 is 1.28 bits per heavy atom. The number of aliphatic hydroxyl groups excluding tert-OH is 1. The molecular weight excluding hydrogens is 226 g/mol. The maximum absolute atomic E-state index is 9.11. The van der Waals surface area contributed by atoms with Crippen LogP contribution in [-0.4, -0.2) is 23.2 Å². The average molecular weight is 247 g/mol. The molecule has 0 saturated heterocycles. The van der Waals surface area contributed by atoms with Gasteiger partial charge >= 0.3 is 0 Å². The van der Waals surface area contributed by atoms with Crippen molar-refractivity contribution in [3.05, 3.63) is 22.9 Å². The number of aromatic nitrogens is 1. The highest BCUT2D eigenvalue weighted by molar-refractivity contribution is 5.56. The van der Waals surface area contributed by atoms with Crippen molar-refractivity contribution in [2.45, 2.75) is 39.5 Å². The number of unbranched alkanes of at least 4 members (excludes halogenated alkanes) is 3. The van der Waals surface area contributed by atoms with Crippen LogP contribution in [0, 0.1) is 25.2 Å². The van der Waals surface area contributed by atoms with E-state index in [1.165, 1.54) is 0 Å². The number of anilines is 1. The Hall–Kier alpha value is -1.60. The molecular formula is C14H21N3O. The third-order valence-corrected chi connectivity index (χ3v) is 2.83. The Morgan fingerprint density at radius 3 is 2.67 bits per heavy atom. The second-order valence-corrected chi connectivity index (χ2v) is 4.48. The van der Waals surface area contributed by atoms with Crippen LogP contribution in [0.1, 0.15) is 42.5 Å². The SMILES string of the molecule is Cc1cc(C)c(C#N)c(NCCCCCCO)n1. The summed E-state index contributed by atoms with van der Waals surface area (Å²) in [6, 6.07) is 4.12. The van der Waals surface area contributed by atoms with Crippen LogP contribution in [-0.2, 0) is 0 Å². The lowest BCUT2D eigenvalue weighted by Gasteiger charge is -2.10. The van der Waals surface area contributed by atoms with E-state index >= 15 is 0 Å². The summed E-state index contributed by atoms with van der Waals surface area (Å²) in [7, 11) is 0. The van der Waals surface area contributed by atoms with E-state index in [4.69, 9.17) is 10.4 Å². The standard InChI is InChI=1S/C14H21N3O/c1-11-9-12(2)17-14(13(11)10-15)16-7-5-3-4-6-8-18/h9,18H,3-8H2,1-2H3,(H,16,17). The Kier molecular flexibility index (Phi) is 6.16. The van der Waals surface area contributed by atoms with Gasteiger partial charge in [0.2, 0.25) is 0 Å². The highest BCUT2D eigenvalue weighted by Gasteiger charge is 2.07. The Bertz CT molecular complexity index is 424. The average Bonchev–Trinajstić information content (AvgIpc) is 2.33. The summed E-state index contributed by atoms with van der Waals surface area (Å²) in [5, 5.41) is 21.0. The fourth-order valence-electron chi connectivity index (χ4n) is 1.90. The van der Waals surface area contributed by atoms with E-state index in [0.29, 0.717) is 11.4 Å². The predicted molar refractivity (Wildman–Crippen MR) is 72.5 cm³/mol. The first-order chi connectivity index (χ1) is 8.69. The van der Waals surface area contributed by atoms with Crippen LogP contribution in [0.15, 0.2) is 6.07 Å². The van der Waals surface area contributed by atoms with Gasteiger partial charge in [0.05, 0.1) is 5.56 Å². The molecule has 1 heterocycles. The van der Waals surface area contributed by atoms with Crippen LogP contribution in [0.5, 0.6) is 0 Å². The molecule has 1 aromatic rings. The largest absolute Gasteiger partial charge is 0.396 e. The van der Waals surface area contributed by atoms with Gasteiger partial charge in [-0.2, -0.15) is 5.26 Å². The fraction of sp³-hybridized carbons (Fsp3) is 0.571. The van der Waals surface area contributed by atoms with Crippen molar-refractivity contribution in [1.82, 2.24) is 4.98 Å². The molecule has 4 heteroatoms. The highest BCUT2D eigenvalue weighted by atomic mass is 16.2. The first kappa shape index (κ1) is 14.5. The summed E-state index contributed by atoms with van der Waals surface area (Å²) in [4.78, 5) is 4.37. The smallest absolute Gasteiger partial charge is 0.144 e. The molecule has 0 aromatic carbocycles. The van der Waals surface area contributed by atoms with E-state index in [1.807, 2.05) is 19.9 Å². The van der Waals surface area contributed by atoms with E-state index < -0.39 is 0 Å². The minimum Gasteiger partial charge on any atom is -0.396 e. The summed E-state index contributed by atoms with van der Waals surface area (Å²) < 4.78 is 0. The lowest BCUT2D eigenvalue weighted by atomic mass is 10.1. The van der Waals surface area contributed by atoms with Crippen molar-refractivity contribution < 1.29 is 5.11 Å². The van der Waals surface area contributed by atoms with Crippen LogP contribution in [0.4, 0.5) is 5.82 Å². The van der Waals surface area contributed by atoms with Crippen LogP contribution < -0.4 is 5.32 Å². The van der Waals surface area contributed by atoms with Crippen molar-refractivity contribution in [1.29, 1.82) is 5.26 Å². The molecule has 2 N–H and O–H groups in total. The molecule has 18 heavy (non-hydrogen) atoms. The van der Waals surface area contributed by atoms with Gasteiger partial charge in [0, 0.05) is 18.8 Å². The molecule has 0 amide bonds. The van der Waals surface area contributed by atoms with Crippen molar-refractivity contribution in [3.8, 4) is 6.07 Å². The summed E-state index contributed by atoms with van der Waals surface area (Å²) in [6.07, 6.45) is 4.02. The van der Waals surface area contributed by atoms with E-state index in [2.05, 4.69) is 16.4 Å². The zero-order valence-electron chi connectivity index (χ0n) is 11.2. The zero-order chi connectivity index (χ0) is 13.4. The normalized spacial score (nSPS) is 10.1. The maximum atomic E-state index is 9.11. The van der Waals surface area contributed by atoms with Crippen molar-refractivity contribution in [2.24, 2.45) is 0 Å². The Labute approximate surface area is 109 Å². The van der Waals surface area contributed by atoms with Gasteiger partial charge in [-0.05, 0) is 38.3 Å². The molecule has 0 aliphatic carbocycles. The van der Waals surface area contributed by atoms with Gasteiger partial charge < -0.3 is 10.4 Å². The van der Waals surface area contributed by atoms with Crippen LogP contribution >= 0.6 is 0 Å². The zero-order valence-corrected chi connectivity index (χ0v) is 11.2. The number of aliphatic hydroxyl groups is 1. The minimum atomic E-state index is 0.268. The summed E-state index contributed by atoms with van der Waals surface area (Å²) in [6.45, 7) is 4.95. The second-order valence-electron chi connectivity index (χ2n) is 4.48. The van der Waals surface area contributed by atoms with Gasteiger partial charge in [-0.3, -0.25) is 0 Å². The fourth-order valence-corrected chi connectivity index (χ4v) is 1.90. The van der Waals surface area contributed by atoms with Crippen molar-refractivity contribution in [2.75, 3.05) is 18.5 Å². The monoisotopic (exact) mass is 247 g/mol. The highest BCUT2D eigenvalue weighted by Crippen LogP contribution is 2.17. The molecule has 0 aliphatic heterocycles. The van der Waals surface area contributed by atoms with Gasteiger partial charge in [-0.15, -0.1) is 0 Å².